The van der Waals surface area contributed by atoms with E-state index in [1.54, 1.807) is 10.9 Å². The molecule has 0 aliphatic heterocycles. The standard InChI is InChI=1S/C12H17ClN4O/c1-4-5-17-8-10(7-14-17)18-12-11(6-13)9(2)15-16(12)3/h7-8H,4-6H2,1-3H3. The summed E-state index contributed by atoms with van der Waals surface area (Å²) in [5, 5.41) is 8.52. The Labute approximate surface area is 111 Å². The molecule has 0 aromatic carbocycles. The minimum absolute atomic E-state index is 0.387. The van der Waals surface area contributed by atoms with Crippen LogP contribution in [0.5, 0.6) is 11.6 Å². The van der Waals surface area contributed by atoms with Gasteiger partial charge in [-0.2, -0.15) is 10.2 Å². The monoisotopic (exact) mass is 268 g/mol. The van der Waals surface area contributed by atoms with Crippen molar-refractivity contribution in [3.05, 3.63) is 23.7 Å². The minimum Gasteiger partial charge on any atom is -0.436 e. The van der Waals surface area contributed by atoms with Crippen LogP contribution in [0.3, 0.4) is 0 Å². The molecule has 0 bridgehead atoms. The van der Waals surface area contributed by atoms with Crippen molar-refractivity contribution in [1.29, 1.82) is 0 Å². The zero-order valence-electron chi connectivity index (χ0n) is 10.9. The van der Waals surface area contributed by atoms with Gasteiger partial charge in [-0.15, -0.1) is 11.6 Å². The molecule has 0 unspecified atom stereocenters. The lowest BCUT2D eigenvalue weighted by Gasteiger charge is -2.04. The predicted octanol–water partition coefficient (Wildman–Crippen LogP) is 2.87. The largest absolute Gasteiger partial charge is 0.436 e. The average molecular weight is 269 g/mol. The summed E-state index contributed by atoms with van der Waals surface area (Å²) in [4.78, 5) is 0. The van der Waals surface area contributed by atoms with E-state index in [0.717, 1.165) is 24.2 Å². The van der Waals surface area contributed by atoms with Crippen LogP contribution in [0.1, 0.15) is 24.6 Å². The Morgan fingerprint density at radius 1 is 1.44 bits per heavy atom. The summed E-state index contributed by atoms with van der Waals surface area (Å²) in [5.74, 6) is 1.77. The summed E-state index contributed by atoms with van der Waals surface area (Å²) in [7, 11) is 1.84. The lowest BCUT2D eigenvalue weighted by Crippen LogP contribution is -1.97. The molecule has 0 atom stereocenters. The summed E-state index contributed by atoms with van der Waals surface area (Å²) in [6.45, 7) is 4.92. The first-order valence-corrected chi connectivity index (χ1v) is 6.48. The van der Waals surface area contributed by atoms with Gasteiger partial charge in [0.05, 0.1) is 29.5 Å². The predicted molar refractivity (Wildman–Crippen MR) is 70.1 cm³/mol. The van der Waals surface area contributed by atoms with Crippen molar-refractivity contribution >= 4 is 11.6 Å². The molecule has 2 rings (SSSR count). The van der Waals surface area contributed by atoms with Crippen molar-refractivity contribution < 1.29 is 4.74 Å². The van der Waals surface area contributed by atoms with Crippen LogP contribution in [0.25, 0.3) is 0 Å². The molecule has 0 aliphatic carbocycles. The quantitative estimate of drug-likeness (QED) is 0.784. The van der Waals surface area contributed by atoms with Crippen LogP contribution in [0, 0.1) is 6.92 Å². The van der Waals surface area contributed by atoms with E-state index in [9.17, 15) is 0 Å². The first kappa shape index (κ1) is 13.0. The smallest absolute Gasteiger partial charge is 0.222 e. The highest BCUT2D eigenvalue weighted by molar-refractivity contribution is 6.17. The highest BCUT2D eigenvalue weighted by Crippen LogP contribution is 2.28. The second-order valence-corrected chi connectivity index (χ2v) is 4.43. The summed E-state index contributed by atoms with van der Waals surface area (Å²) in [6.07, 6.45) is 4.62. The van der Waals surface area contributed by atoms with Crippen molar-refractivity contribution in [1.82, 2.24) is 19.6 Å². The molecule has 0 spiro atoms. The number of ether oxygens (including phenoxy) is 1. The van der Waals surface area contributed by atoms with E-state index in [4.69, 9.17) is 16.3 Å². The number of halogens is 1. The second-order valence-electron chi connectivity index (χ2n) is 4.17. The van der Waals surface area contributed by atoms with Crippen LogP contribution in [-0.4, -0.2) is 19.6 Å². The van der Waals surface area contributed by atoms with Crippen molar-refractivity contribution in [2.24, 2.45) is 7.05 Å². The Bertz CT molecular complexity index is 532. The van der Waals surface area contributed by atoms with E-state index in [1.165, 1.54) is 0 Å². The summed E-state index contributed by atoms with van der Waals surface area (Å²) >= 11 is 5.92. The van der Waals surface area contributed by atoms with E-state index in [2.05, 4.69) is 17.1 Å². The van der Waals surface area contributed by atoms with Gasteiger partial charge in [0.2, 0.25) is 5.88 Å². The SMILES string of the molecule is CCCn1cc(Oc2c(CCl)c(C)nn2C)cn1. The maximum absolute atomic E-state index is 5.92. The average Bonchev–Trinajstić information content (AvgIpc) is 2.86. The fraction of sp³-hybridized carbons (Fsp3) is 0.500. The van der Waals surface area contributed by atoms with E-state index in [1.807, 2.05) is 24.9 Å². The summed E-state index contributed by atoms with van der Waals surface area (Å²) < 4.78 is 9.37. The third kappa shape index (κ3) is 2.51. The molecule has 2 heterocycles. The molecule has 0 saturated heterocycles. The Hall–Kier alpha value is -1.49. The van der Waals surface area contributed by atoms with Gasteiger partial charge in [0.25, 0.3) is 0 Å². The molecule has 0 radical (unpaired) electrons. The van der Waals surface area contributed by atoms with Crippen LogP contribution in [0.2, 0.25) is 0 Å². The first-order valence-electron chi connectivity index (χ1n) is 5.94. The van der Waals surface area contributed by atoms with Crippen LogP contribution >= 0.6 is 11.6 Å². The molecule has 98 valence electrons. The van der Waals surface area contributed by atoms with Gasteiger partial charge in [0.1, 0.15) is 0 Å². The lowest BCUT2D eigenvalue weighted by molar-refractivity contribution is 0.426. The van der Waals surface area contributed by atoms with Gasteiger partial charge in [0.15, 0.2) is 5.75 Å². The third-order valence-electron chi connectivity index (χ3n) is 2.70. The van der Waals surface area contributed by atoms with Crippen LogP contribution in [-0.2, 0) is 19.5 Å². The van der Waals surface area contributed by atoms with Crippen molar-refractivity contribution in [3.8, 4) is 11.6 Å². The molecule has 0 amide bonds. The maximum atomic E-state index is 5.92. The minimum atomic E-state index is 0.387. The topological polar surface area (TPSA) is 44.9 Å². The van der Waals surface area contributed by atoms with Gasteiger partial charge in [-0.1, -0.05) is 6.92 Å². The molecule has 2 aromatic rings. The Balaban J connectivity index is 2.22. The number of hydrogen-bond acceptors (Lipinski definition) is 3. The Morgan fingerprint density at radius 2 is 2.22 bits per heavy atom. The number of aryl methyl sites for hydroxylation is 3. The second kappa shape index (κ2) is 5.44. The first-order chi connectivity index (χ1) is 8.65. The molecule has 2 aromatic heterocycles. The van der Waals surface area contributed by atoms with E-state index in [-0.39, 0.29) is 0 Å². The van der Waals surface area contributed by atoms with E-state index in [0.29, 0.717) is 17.5 Å². The zero-order valence-corrected chi connectivity index (χ0v) is 11.6. The molecule has 0 fully saturated rings. The zero-order chi connectivity index (χ0) is 13.1. The lowest BCUT2D eigenvalue weighted by atomic mass is 10.3. The highest BCUT2D eigenvalue weighted by atomic mass is 35.5. The highest BCUT2D eigenvalue weighted by Gasteiger charge is 2.15. The van der Waals surface area contributed by atoms with Gasteiger partial charge >= 0.3 is 0 Å². The van der Waals surface area contributed by atoms with Crippen molar-refractivity contribution in [3.63, 3.8) is 0 Å². The Kier molecular flexibility index (Phi) is 3.91. The van der Waals surface area contributed by atoms with Crippen molar-refractivity contribution in [2.75, 3.05) is 0 Å². The number of aromatic nitrogens is 4. The fourth-order valence-corrected chi connectivity index (χ4v) is 2.13. The van der Waals surface area contributed by atoms with E-state index < -0.39 is 0 Å². The molecule has 0 N–H and O–H groups in total. The molecular weight excluding hydrogens is 252 g/mol. The van der Waals surface area contributed by atoms with Crippen LogP contribution < -0.4 is 4.74 Å². The van der Waals surface area contributed by atoms with Gasteiger partial charge in [-0.05, 0) is 13.3 Å². The molecule has 5 nitrogen and oxygen atoms in total. The van der Waals surface area contributed by atoms with Gasteiger partial charge in [-0.25, -0.2) is 4.68 Å². The van der Waals surface area contributed by atoms with Gasteiger partial charge in [-0.3, -0.25) is 4.68 Å². The molecule has 18 heavy (non-hydrogen) atoms. The summed E-state index contributed by atoms with van der Waals surface area (Å²) in [6, 6.07) is 0. The maximum Gasteiger partial charge on any atom is 0.222 e. The number of alkyl halides is 1. The molecular formula is C12H17ClN4O. The number of nitrogens with zero attached hydrogens (tertiary/aromatic N) is 4. The molecule has 0 saturated carbocycles. The Morgan fingerprint density at radius 3 is 2.89 bits per heavy atom. The number of hydrogen-bond donors (Lipinski definition) is 0. The normalized spacial score (nSPS) is 10.9. The van der Waals surface area contributed by atoms with Gasteiger partial charge in [0, 0.05) is 13.6 Å². The third-order valence-corrected chi connectivity index (χ3v) is 2.97. The number of rotatable bonds is 5. The summed E-state index contributed by atoms with van der Waals surface area (Å²) in [5.41, 5.74) is 1.81. The molecule has 0 aliphatic rings. The van der Waals surface area contributed by atoms with Crippen LogP contribution in [0.4, 0.5) is 0 Å². The molecule has 6 heteroatoms. The van der Waals surface area contributed by atoms with Crippen molar-refractivity contribution in [2.45, 2.75) is 32.7 Å². The fourth-order valence-electron chi connectivity index (χ4n) is 1.82. The van der Waals surface area contributed by atoms with E-state index >= 15 is 0 Å². The van der Waals surface area contributed by atoms with Crippen LogP contribution in [0.15, 0.2) is 12.4 Å². The van der Waals surface area contributed by atoms with Gasteiger partial charge < -0.3 is 4.74 Å².